The molecule has 2 aliphatic rings. The van der Waals surface area contributed by atoms with Gasteiger partial charge >= 0.3 is 0 Å². The smallest absolute Gasteiger partial charge is 0.279 e. The average Bonchev–Trinajstić information content (AvgIpc) is 3.65. The largest absolute Gasteiger partial charge is 0.497 e. The van der Waals surface area contributed by atoms with Crippen molar-refractivity contribution in [1.29, 1.82) is 0 Å². The first-order chi connectivity index (χ1) is 17.4. The van der Waals surface area contributed by atoms with E-state index in [9.17, 15) is 9.90 Å². The summed E-state index contributed by atoms with van der Waals surface area (Å²) in [5.41, 5.74) is 4.36. The number of carbonyl (C=O) groups excluding carboxylic acids is 1. The first kappa shape index (κ1) is 22.6. The Kier molecular flexibility index (Phi) is 5.46. The van der Waals surface area contributed by atoms with Crippen LogP contribution in [0.15, 0.2) is 64.0 Å². The number of anilines is 1. The van der Waals surface area contributed by atoms with E-state index in [2.05, 4.69) is 16.0 Å². The Labute approximate surface area is 215 Å². The zero-order valence-corrected chi connectivity index (χ0v) is 21.5. The van der Waals surface area contributed by atoms with Gasteiger partial charge in [-0.2, -0.15) is 10.1 Å². The first-order valence-electron chi connectivity index (χ1n) is 11.4. The number of methoxy groups -OCH3 is 1. The maximum Gasteiger partial charge on any atom is 0.279 e. The molecule has 0 saturated heterocycles. The molecule has 0 saturated carbocycles. The summed E-state index contributed by atoms with van der Waals surface area (Å²) in [6.45, 7) is 3.92. The molecule has 0 fully saturated rings. The fourth-order valence-electron chi connectivity index (χ4n) is 4.72. The van der Waals surface area contributed by atoms with E-state index in [4.69, 9.17) is 9.84 Å². The molecule has 6 rings (SSSR count). The van der Waals surface area contributed by atoms with Gasteiger partial charge in [-0.25, -0.2) is 10.0 Å². The van der Waals surface area contributed by atoms with E-state index in [1.165, 1.54) is 11.3 Å². The van der Waals surface area contributed by atoms with Crippen LogP contribution in [0.5, 0.6) is 11.6 Å². The van der Waals surface area contributed by atoms with E-state index in [0.717, 1.165) is 38.2 Å². The van der Waals surface area contributed by atoms with Crippen LogP contribution in [0.3, 0.4) is 0 Å². The van der Waals surface area contributed by atoms with Crippen LogP contribution in [0.25, 0.3) is 5.57 Å². The summed E-state index contributed by atoms with van der Waals surface area (Å²) < 4.78 is 5.33. The molecule has 36 heavy (non-hydrogen) atoms. The molecule has 2 aliphatic heterocycles. The molecule has 4 aromatic rings. The quantitative estimate of drug-likeness (QED) is 0.430. The van der Waals surface area contributed by atoms with Gasteiger partial charge < -0.3 is 9.84 Å². The number of thiazole rings is 1. The number of aromatic hydroxyl groups is 1. The molecule has 0 radical (unpaired) electrons. The van der Waals surface area contributed by atoms with E-state index in [1.807, 2.05) is 66.7 Å². The van der Waals surface area contributed by atoms with Crippen molar-refractivity contribution in [2.24, 2.45) is 10.1 Å². The minimum Gasteiger partial charge on any atom is -0.497 e. The predicted molar refractivity (Wildman–Crippen MR) is 142 cm³/mol. The molecule has 1 N–H and O–H groups in total. The number of hydrazone groups is 1. The van der Waals surface area contributed by atoms with Gasteiger partial charge in [0.1, 0.15) is 10.6 Å². The molecule has 1 amide bonds. The second-order valence-corrected chi connectivity index (χ2v) is 10.7. The Bertz CT molecular complexity index is 1650. The third kappa shape index (κ3) is 3.71. The standard InChI is InChI=1S/C27H22N4O3S2/c1-14-11-15(2)23-18(12-14)22(25(32)28-23)24-26(33)29-27(36-24)31-20(16-6-8-17(34-3)9-7-16)13-19(30-31)21-5-4-10-35-21/h4-12,20,33H,13H2,1-3H3. The maximum absolute atomic E-state index is 12.9. The van der Waals surface area contributed by atoms with Crippen LogP contribution in [0.2, 0.25) is 0 Å². The number of ether oxygens (including phenoxy) is 1. The Morgan fingerprint density at radius 2 is 1.94 bits per heavy atom. The molecule has 1 atom stereocenters. The minimum absolute atomic E-state index is 0.114. The molecule has 0 bridgehead atoms. The Balaban J connectivity index is 1.47. The van der Waals surface area contributed by atoms with Crippen LogP contribution in [0.1, 0.15) is 38.9 Å². The maximum atomic E-state index is 12.9. The van der Waals surface area contributed by atoms with Gasteiger partial charge in [-0.1, -0.05) is 41.2 Å². The molecule has 180 valence electrons. The van der Waals surface area contributed by atoms with Crippen LogP contribution in [0, 0.1) is 13.8 Å². The molecule has 7 nitrogen and oxygen atoms in total. The number of aromatic nitrogens is 1. The molecule has 0 aliphatic carbocycles. The van der Waals surface area contributed by atoms with E-state index in [-0.39, 0.29) is 17.8 Å². The zero-order valence-electron chi connectivity index (χ0n) is 19.8. The van der Waals surface area contributed by atoms with E-state index in [0.29, 0.717) is 27.4 Å². The lowest BCUT2D eigenvalue weighted by molar-refractivity contribution is -0.112. The van der Waals surface area contributed by atoms with Gasteiger partial charge in [0.25, 0.3) is 5.91 Å². The number of amides is 1. The summed E-state index contributed by atoms with van der Waals surface area (Å²) in [5, 5.41) is 21.6. The highest BCUT2D eigenvalue weighted by atomic mass is 32.1. The fourth-order valence-corrected chi connectivity index (χ4v) is 6.45. The molecule has 4 heterocycles. The average molecular weight is 515 g/mol. The van der Waals surface area contributed by atoms with Crippen LogP contribution < -0.4 is 20.3 Å². The van der Waals surface area contributed by atoms with Crippen LogP contribution >= 0.6 is 22.7 Å². The first-order valence-corrected chi connectivity index (χ1v) is 13.1. The van der Waals surface area contributed by atoms with Gasteiger partial charge in [-0.3, -0.25) is 4.79 Å². The summed E-state index contributed by atoms with van der Waals surface area (Å²) in [5.74, 6) is 0.231. The number of fused-ring (bicyclic) bond motifs is 1. The van der Waals surface area contributed by atoms with Crippen molar-refractivity contribution in [3.8, 4) is 11.6 Å². The highest BCUT2D eigenvalue weighted by molar-refractivity contribution is 7.17. The second kappa shape index (κ2) is 8.69. The van der Waals surface area contributed by atoms with Crippen LogP contribution in [-0.4, -0.2) is 28.8 Å². The van der Waals surface area contributed by atoms with Gasteiger partial charge in [-0.05, 0) is 54.6 Å². The summed E-state index contributed by atoms with van der Waals surface area (Å²) in [6.07, 6.45) is 0.689. The summed E-state index contributed by atoms with van der Waals surface area (Å²) in [7, 11) is 1.64. The molecule has 2 aromatic heterocycles. The van der Waals surface area contributed by atoms with Crippen molar-refractivity contribution in [3.63, 3.8) is 0 Å². The number of rotatable bonds is 5. The predicted octanol–water partition coefficient (Wildman–Crippen LogP) is 4.25. The highest BCUT2D eigenvalue weighted by Gasteiger charge is 2.34. The van der Waals surface area contributed by atoms with Crippen LogP contribution in [-0.2, 0) is 4.79 Å². The molecule has 0 spiro atoms. The van der Waals surface area contributed by atoms with Gasteiger partial charge in [0.2, 0.25) is 11.0 Å². The van der Waals surface area contributed by atoms with Gasteiger partial charge in [-0.15, -0.1) is 11.3 Å². The van der Waals surface area contributed by atoms with Crippen molar-refractivity contribution >= 4 is 45.0 Å². The van der Waals surface area contributed by atoms with Crippen molar-refractivity contribution in [2.75, 3.05) is 12.1 Å². The Morgan fingerprint density at radius 3 is 2.67 bits per heavy atom. The number of thiophene rings is 1. The minimum atomic E-state index is -0.361. The van der Waals surface area contributed by atoms with Crippen molar-refractivity contribution < 1.29 is 14.6 Å². The summed E-state index contributed by atoms with van der Waals surface area (Å²) in [4.78, 5) is 23.2. The van der Waals surface area contributed by atoms with E-state index < -0.39 is 0 Å². The monoisotopic (exact) mass is 514 g/mol. The van der Waals surface area contributed by atoms with Gasteiger partial charge in [0.15, 0.2) is 0 Å². The fraction of sp³-hybridized carbons (Fsp3) is 0.185. The lowest BCUT2D eigenvalue weighted by atomic mass is 10.0. The normalized spacial score (nSPS) is 16.8. The molecule has 9 heteroatoms. The lowest BCUT2D eigenvalue weighted by Crippen LogP contribution is -2.26. The molecule has 1 unspecified atom stereocenters. The van der Waals surface area contributed by atoms with Crippen molar-refractivity contribution in [3.05, 3.63) is 90.9 Å². The number of hydrogen-bond donors (Lipinski definition) is 1. The number of aryl methyl sites for hydroxylation is 2. The Hall–Kier alpha value is -3.82. The SMILES string of the molecule is COc1ccc(C2CC(c3cccs3)=NN2c2nc(O)c(C3=c4cc(C)cc(C)c4=NC3=O)s2)cc1. The van der Waals surface area contributed by atoms with Crippen molar-refractivity contribution in [1.82, 2.24) is 4.98 Å². The third-order valence-electron chi connectivity index (χ3n) is 6.38. The number of benzene rings is 2. The zero-order chi connectivity index (χ0) is 25.0. The lowest BCUT2D eigenvalue weighted by Gasteiger charge is -2.21. The van der Waals surface area contributed by atoms with Gasteiger partial charge in [0.05, 0.1) is 34.7 Å². The molecular formula is C27H22N4O3S2. The van der Waals surface area contributed by atoms with Gasteiger partial charge in [0, 0.05) is 11.6 Å². The summed E-state index contributed by atoms with van der Waals surface area (Å²) >= 11 is 2.90. The summed E-state index contributed by atoms with van der Waals surface area (Å²) in [6, 6.07) is 15.8. The number of nitrogens with zero attached hydrogens (tertiary/aromatic N) is 4. The topological polar surface area (TPSA) is 87.4 Å². The third-order valence-corrected chi connectivity index (χ3v) is 8.35. The Morgan fingerprint density at radius 1 is 1.14 bits per heavy atom. The molecular weight excluding hydrogens is 492 g/mol. The highest BCUT2D eigenvalue weighted by Crippen LogP contribution is 2.43. The van der Waals surface area contributed by atoms with E-state index >= 15 is 0 Å². The van der Waals surface area contributed by atoms with Crippen molar-refractivity contribution in [2.45, 2.75) is 26.3 Å². The number of carbonyl (C=O) groups is 1. The van der Waals surface area contributed by atoms with Crippen LogP contribution in [0.4, 0.5) is 5.13 Å². The molecule has 2 aromatic carbocycles. The second-order valence-electron chi connectivity index (χ2n) is 8.78. The number of hydrogen-bond acceptors (Lipinski definition) is 8. The van der Waals surface area contributed by atoms with E-state index in [1.54, 1.807) is 18.4 Å².